The lowest BCUT2D eigenvalue weighted by atomic mass is 10.0. The number of halogens is 3. The van der Waals surface area contributed by atoms with E-state index in [-0.39, 0.29) is 11.5 Å². The number of carbonyl (C=O) groups excluding carboxylic acids is 1. The fourth-order valence-corrected chi connectivity index (χ4v) is 2.91. The molecule has 1 aromatic carbocycles. The van der Waals surface area contributed by atoms with Gasteiger partial charge in [0, 0.05) is 37.4 Å². The van der Waals surface area contributed by atoms with E-state index in [9.17, 15) is 18.0 Å². The smallest absolute Gasteiger partial charge is 0.368 e. The number of nitrogens with one attached hydrogen (secondary N) is 1. The van der Waals surface area contributed by atoms with Crippen molar-refractivity contribution in [2.75, 3.05) is 31.1 Å². The maximum absolute atomic E-state index is 13.0. The quantitative estimate of drug-likeness (QED) is 0.866. The molecule has 1 saturated heterocycles. The van der Waals surface area contributed by atoms with E-state index in [1.165, 1.54) is 12.3 Å². The Bertz CT molecular complexity index is 776. The van der Waals surface area contributed by atoms with Gasteiger partial charge in [-0.1, -0.05) is 18.7 Å². The third-order valence-electron chi connectivity index (χ3n) is 4.21. The van der Waals surface area contributed by atoms with E-state index in [0.29, 0.717) is 31.7 Å². The van der Waals surface area contributed by atoms with E-state index in [1.54, 1.807) is 23.1 Å². The number of carbonyl (C=O) groups is 1. The molecule has 3 rings (SSSR count). The van der Waals surface area contributed by atoms with Crippen molar-refractivity contribution in [1.82, 2.24) is 15.1 Å². The molecule has 0 spiro atoms. The van der Waals surface area contributed by atoms with Crippen molar-refractivity contribution in [3.05, 3.63) is 48.8 Å². The lowest BCUT2D eigenvalue weighted by Crippen LogP contribution is -2.48. The van der Waals surface area contributed by atoms with Gasteiger partial charge in [0.05, 0.1) is 6.20 Å². The molecule has 0 atom stereocenters. The van der Waals surface area contributed by atoms with Crippen LogP contribution in [0.1, 0.15) is 5.69 Å². The number of H-pyrrole nitrogens is 1. The average Bonchev–Trinajstić information content (AvgIpc) is 3.11. The summed E-state index contributed by atoms with van der Waals surface area (Å²) in [6.45, 7) is 5.80. The zero-order valence-corrected chi connectivity index (χ0v) is 13.4. The number of hydrogen-bond acceptors (Lipinski definition) is 3. The van der Waals surface area contributed by atoms with Crippen LogP contribution in [0.15, 0.2) is 43.1 Å². The van der Waals surface area contributed by atoms with Crippen molar-refractivity contribution in [2.45, 2.75) is 6.18 Å². The Hall–Kier alpha value is -2.77. The summed E-state index contributed by atoms with van der Waals surface area (Å²) >= 11 is 0. The van der Waals surface area contributed by atoms with Crippen molar-refractivity contribution in [3.8, 4) is 11.1 Å². The van der Waals surface area contributed by atoms with E-state index in [4.69, 9.17) is 0 Å². The zero-order chi connectivity index (χ0) is 18.0. The number of rotatable bonds is 3. The highest BCUT2D eigenvalue weighted by Gasteiger charge is 2.36. The van der Waals surface area contributed by atoms with E-state index in [1.807, 2.05) is 16.1 Å². The minimum absolute atomic E-state index is 0.0230. The SMILES string of the molecule is C=CC(=O)N1CCN(c2cccc(-c3cn[nH]c3C(F)(F)F)c2)CC1. The first-order valence-electron chi connectivity index (χ1n) is 7.77. The Morgan fingerprint density at radius 3 is 2.60 bits per heavy atom. The summed E-state index contributed by atoms with van der Waals surface area (Å²) in [4.78, 5) is 15.4. The summed E-state index contributed by atoms with van der Waals surface area (Å²) < 4.78 is 39.1. The van der Waals surface area contributed by atoms with Gasteiger partial charge < -0.3 is 9.80 Å². The summed E-state index contributed by atoms with van der Waals surface area (Å²) in [5.41, 5.74) is 0.432. The Labute approximate surface area is 142 Å². The highest BCUT2D eigenvalue weighted by atomic mass is 19.4. The Kier molecular flexibility index (Phi) is 4.52. The number of nitrogens with zero attached hydrogens (tertiary/aromatic N) is 3. The van der Waals surface area contributed by atoms with Crippen LogP contribution in [-0.4, -0.2) is 47.2 Å². The first-order chi connectivity index (χ1) is 11.9. The van der Waals surface area contributed by atoms with Gasteiger partial charge in [0.15, 0.2) is 0 Å². The number of alkyl halides is 3. The molecule has 2 heterocycles. The Morgan fingerprint density at radius 2 is 1.96 bits per heavy atom. The van der Waals surface area contributed by atoms with Gasteiger partial charge in [0.25, 0.3) is 0 Å². The molecule has 1 aromatic heterocycles. The van der Waals surface area contributed by atoms with Crippen molar-refractivity contribution >= 4 is 11.6 Å². The number of hydrogen-bond donors (Lipinski definition) is 1. The summed E-state index contributed by atoms with van der Waals surface area (Å²) in [7, 11) is 0. The summed E-state index contributed by atoms with van der Waals surface area (Å²) in [5, 5.41) is 5.56. The number of aromatic nitrogens is 2. The number of anilines is 1. The molecule has 25 heavy (non-hydrogen) atoms. The van der Waals surface area contributed by atoms with Gasteiger partial charge in [0.2, 0.25) is 5.91 Å². The van der Waals surface area contributed by atoms with Gasteiger partial charge >= 0.3 is 6.18 Å². The zero-order valence-electron chi connectivity index (χ0n) is 13.4. The van der Waals surface area contributed by atoms with Gasteiger partial charge in [-0.25, -0.2) is 0 Å². The molecule has 132 valence electrons. The molecule has 1 N–H and O–H groups in total. The molecule has 8 heteroatoms. The summed E-state index contributed by atoms with van der Waals surface area (Å²) in [6, 6.07) is 6.91. The van der Waals surface area contributed by atoms with Crippen LogP contribution in [0.3, 0.4) is 0 Å². The standard InChI is InChI=1S/C17H17F3N4O/c1-2-15(25)24-8-6-23(7-9-24)13-5-3-4-12(10-13)14-11-21-22-16(14)17(18,19)20/h2-5,10-11H,1,6-9H2,(H,21,22). The van der Waals surface area contributed by atoms with Crippen molar-refractivity contribution in [1.29, 1.82) is 0 Å². The fourth-order valence-electron chi connectivity index (χ4n) is 2.91. The monoisotopic (exact) mass is 350 g/mol. The molecule has 0 radical (unpaired) electrons. The largest absolute Gasteiger partial charge is 0.433 e. The molecule has 0 unspecified atom stereocenters. The average molecular weight is 350 g/mol. The van der Waals surface area contributed by atoms with Crippen LogP contribution >= 0.6 is 0 Å². The number of amides is 1. The Balaban J connectivity index is 1.81. The molecule has 0 aliphatic carbocycles. The van der Waals surface area contributed by atoms with Gasteiger partial charge in [-0.2, -0.15) is 18.3 Å². The highest BCUT2D eigenvalue weighted by molar-refractivity contribution is 5.87. The van der Waals surface area contributed by atoms with Crippen molar-refractivity contribution in [2.24, 2.45) is 0 Å². The third kappa shape index (κ3) is 3.52. The minimum Gasteiger partial charge on any atom is -0.368 e. The first kappa shape index (κ1) is 17.1. The van der Waals surface area contributed by atoms with Crippen molar-refractivity contribution < 1.29 is 18.0 Å². The number of benzene rings is 1. The molecular formula is C17H17F3N4O. The molecule has 1 fully saturated rings. The van der Waals surface area contributed by atoms with Gasteiger partial charge in [-0.3, -0.25) is 9.89 Å². The predicted octanol–water partition coefficient (Wildman–Crippen LogP) is 2.93. The van der Waals surface area contributed by atoms with E-state index in [2.05, 4.69) is 11.7 Å². The van der Waals surface area contributed by atoms with Gasteiger partial charge in [0.1, 0.15) is 5.69 Å². The maximum Gasteiger partial charge on any atom is 0.433 e. The molecule has 1 amide bonds. The van der Waals surface area contributed by atoms with Crippen LogP contribution in [-0.2, 0) is 11.0 Å². The van der Waals surface area contributed by atoms with Crippen LogP contribution in [0.4, 0.5) is 18.9 Å². The van der Waals surface area contributed by atoms with E-state index < -0.39 is 11.9 Å². The van der Waals surface area contributed by atoms with E-state index >= 15 is 0 Å². The molecule has 1 aliphatic rings. The van der Waals surface area contributed by atoms with Gasteiger partial charge in [-0.05, 0) is 23.8 Å². The number of aromatic amines is 1. The molecule has 0 saturated carbocycles. The van der Waals surface area contributed by atoms with E-state index in [0.717, 1.165) is 5.69 Å². The summed E-state index contributed by atoms with van der Waals surface area (Å²) in [5.74, 6) is -0.110. The fraction of sp³-hybridized carbons (Fsp3) is 0.294. The van der Waals surface area contributed by atoms with Crippen molar-refractivity contribution in [3.63, 3.8) is 0 Å². The molecule has 2 aromatic rings. The van der Waals surface area contributed by atoms with Crippen LogP contribution in [0, 0.1) is 0 Å². The maximum atomic E-state index is 13.0. The first-order valence-corrected chi connectivity index (χ1v) is 7.77. The van der Waals surface area contributed by atoms with Gasteiger partial charge in [-0.15, -0.1) is 0 Å². The summed E-state index contributed by atoms with van der Waals surface area (Å²) in [6.07, 6.45) is -2.02. The Morgan fingerprint density at radius 1 is 1.24 bits per heavy atom. The second-order valence-corrected chi connectivity index (χ2v) is 5.72. The second-order valence-electron chi connectivity index (χ2n) is 5.72. The molecule has 5 nitrogen and oxygen atoms in total. The molecule has 0 bridgehead atoms. The topological polar surface area (TPSA) is 52.2 Å². The van der Waals surface area contributed by atoms with Crippen LogP contribution in [0.5, 0.6) is 0 Å². The predicted molar refractivity (Wildman–Crippen MR) is 88.0 cm³/mol. The second kappa shape index (κ2) is 6.62. The molecule has 1 aliphatic heterocycles. The number of piperazine rings is 1. The third-order valence-corrected chi connectivity index (χ3v) is 4.21. The lowest BCUT2D eigenvalue weighted by molar-refractivity contribution is -0.140. The normalized spacial score (nSPS) is 15.3. The van der Waals surface area contributed by atoms with Crippen LogP contribution in [0.25, 0.3) is 11.1 Å². The van der Waals surface area contributed by atoms with Crippen LogP contribution in [0.2, 0.25) is 0 Å². The lowest BCUT2D eigenvalue weighted by Gasteiger charge is -2.35. The van der Waals surface area contributed by atoms with Crippen LogP contribution < -0.4 is 4.90 Å². The highest BCUT2D eigenvalue weighted by Crippen LogP contribution is 2.36. The minimum atomic E-state index is -4.49. The molecular weight excluding hydrogens is 333 g/mol.